The van der Waals surface area contributed by atoms with Gasteiger partial charge in [-0.05, 0) is 30.3 Å². The maximum Gasteiger partial charge on any atom is 0.338 e. The van der Waals surface area contributed by atoms with Gasteiger partial charge in [0.05, 0.1) is 12.7 Å². The van der Waals surface area contributed by atoms with Crippen molar-refractivity contribution in [1.29, 1.82) is 0 Å². The predicted octanol–water partition coefficient (Wildman–Crippen LogP) is 2.18. The van der Waals surface area contributed by atoms with Crippen molar-refractivity contribution < 1.29 is 27.4 Å². The number of esters is 1. The Bertz CT molecular complexity index is 849. The number of carbonyl (C=O) groups excluding carboxylic acids is 1. The van der Waals surface area contributed by atoms with Gasteiger partial charge in [-0.1, -0.05) is 18.2 Å². The molecule has 0 saturated carbocycles. The Morgan fingerprint density at radius 2 is 1.73 bits per heavy atom. The van der Waals surface area contributed by atoms with Gasteiger partial charge in [0, 0.05) is 14.1 Å². The summed E-state index contributed by atoms with van der Waals surface area (Å²) >= 11 is 0. The quantitative estimate of drug-likeness (QED) is 0.516. The Balaban J connectivity index is 2.05. The molecule has 0 bridgehead atoms. The van der Waals surface area contributed by atoms with Crippen molar-refractivity contribution in [1.82, 2.24) is 4.31 Å². The number of rotatable bonds is 8. The lowest BCUT2D eigenvalue weighted by atomic mass is 10.2. The van der Waals surface area contributed by atoms with Crippen molar-refractivity contribution in [3.05, 3.63) is 54.1 Å². The van der Waals surface area contributed by atoms with Crippen LogP contribution in [-0.4, -0.2) is 53.1 Å². The minimum absolute atomic E-state index is 0.0372. The van der Waals surface area contributed by atoms with Crippen molar-refractivity contribution in [3.8, 4) is 11.5 Å². The van der Waals surface area contributed by atoms with Crippen LogP contribution >= 0.6 is 0 Å². The van der Waals surface area contributed by atoms with Gasteiger partial charge in [-0.2, -0.15) is 0 Å². The van der Waals surface area contributed by atoms with Gasteiger partial charge in [-0.25, -0.2) is 17.5 Å². The van der Waals surface area contributed by atoms with Crippen molar-refractivity contribution in [2.45, 2.75) is 4.90 Å². The van der Waals surface area contributed by atoms with E-state index in [0.717, 1.165) is 4.31 Å². The number of ether oxygens (including phenoxy) is 3. The predicted molar refractivity (Wildman–Crippen MR) is 96.1 cm³/mol. The third-order valence-corrected chi connectivity index (χ3v) is 5.32. The fourth-order valence-corrected chi connectivity index (χ4v) is 3.17. The maximum atomic E-state index is 12.4. The Hall–Kier alpha value is -2.58. The lowest BCUT2D eigenvalue weighted by molar-refractivity contribution is 0.0450. The van der Waals surface area contributed by atoms with Crippen LogP contribution in [0.15, 0.2) is 53.4 Å². The molecule has 0 aliphatic rings. The molecule has 0 spiro atoms. The minimum atomic E-state index is -3.76. The largest absolute Gasteiger partial charge is 0.495 e. The fraction of sp³-hybridized carbons (Fsp3) is 0.278. The number of hydrogen-bond acceptors (Lipinski definition) is 6. The van der Waals surface area contributed by atoms with E-state index in [1.54, 1.807) is 12.1 Å². The third-order valence-electron chi connectivity index (χ3n) is 3.49. The summed E-state index contributed by atoms with van der Waals surface area (Å²) in [7, 11) is 0.410. The number of para-hydroxylation sites is 1. The van der Waals surface area contributed by atoms with Gasteiger partial charge in [0.15, 0.2) is 0 Å². The molecule has 0 radical (unpaired) electrons. The molecule has 0 fully saturated rings. The van der Waals surface area contributed by atoms with Gasteiger partial charge in [0.1, 0.15) is 29.6 Å². The highest BCUT2D eigenvalue weighted by atomic mass is 32.2. The second-order valence-electron chi connectivity index (χ2n) is 5.45. The molecule has 0 N–H and O–H groups in total. The summed E-state index contributed by atoms with van der Waals surface area (Å²) < 4.78 is 41.5. The van der Waals surface area contributed by atoms with Gasteiger partial charge < -0.3 is 14.2 Å². The summed E-state index contributed by atoms with van der Waals surface area (Å²) in [5.74, 6) is 0.189. The Kier molecular flexibility index (Phi) is 6.59. The van der Waals surface area contributed by atoms with E-state index in [1.807, 2.05) is 18.2 Å². The van der Waals surface area contributed by atoms with Crippen LogP contribution in [0.4, 0.5) is 0 Å². The highest BCUT2D eigenvalue weighted by Gasteiger charge is 2.24. The van der Waals surface area contributed by atoms with Crippen LogP contribution < -0.4 is 9.47 Å². The molecule has 2 aromatic carbocycles. The van der Waals surface area contributed by atoms with Crippen LogP contribution in [0.5, 0.6) is 11.5 Å². The molecule has 0 atom stereocenters. The zero-order chi connectivity index (χ0) is 19.2. The number of methoxy groups -OCH3 is 1. The Morgan fingerprint density at radius 1 is 1.04 bits per heavy atom. The second-order valence-corrected chi connectivity index (χ2v) is 7.57. The number of hydrogen-bond donors (Lipinski definition) is 0. The van der Waals surface area contributed by atoms with E-state index < -0.39 is 16.0 Å². The van der Waals surface area contributed by atoms with Crippen LogP contribution in [0.2, 0.25) is 0 Å². The van der Waals surface area contributed by atoms with Gasteiger partial charge >= 0.3 is 5.97 Å². The summed E-state index contributed by atoms with van der Waals surface area (Å²) in [5.41, 5.74) is 0.117. The lowest BCUT2D eigenvalue weighted by Gasteiger charge is -2.15. The summed E-state index contributed by atoms with van der Waals surface area (Å²) in [6.07, 6.45) is 0. The molecule has 26 heavy (non-hydrogen) atoms. The molecule has 8 heteroatoms. The zero-order valence-corrected chi connectivity index (χ0v) is 15.7. The minimum Gasteiger partial charge on any atom is -0.495 e. The Morgan fingerprint density at radius 3 is 2.35 bits per heavy atom. The molecule has 7 nitrogen and oxygen atoms in total. The average Bonchev–Trinajstić information content (AvgIpc) is 2.65. The van der Waals surface area contributed by atoms with Gasteiger partial charge in [0.2, 0.25) is 10.0 Å². The van der Waals surface area contributed by atoms with E-state index in [0.29, 0.717) is 5.75 Å². The summed E-state index contributed by atoms with van der Waals surface area (Å²) in [5, 5.41) is 0. The van der Waals surface area contributed by atoms with E-state index in [9.17, 15) is 13.2 Å². The van der Waals surface area contributed by atoms with Crippen LogP contribution in [-0.2, 0) is 14.8 Å². The second kappa shape index (κ2) is 8.68. The lowest BCUT2D eigenvalue weighted by Crippen LogP contribution is -2.23. The van der Waals surface area contributed by atoms with E-state index in [1.165, 1.54) is 39.4 Å². The van der Waals surface area contributed by atoms with Crippen LogP contribution in [0, 0.1) is 0 Å². The van der Waals surface area contributed by atoms with E-state index in [-0.39, 0.29) is 29.4 Å². The first-order valence-corrected chi connectivity index (χ1v) is 9.26. The number of carbonyl (C=O) groups is 1. The molecular weight excluding hydrogens is 358 g/mol. The first-order valence-electron chi connectivity index (χ1n) is 7.82. The molecule has 0 amide bonds. The monoisotopic (exact) mass is 379 g/mol. The van der Waals surface area contributed by atoms with Crippen LogP contribution in [0.25, 0.3) is 0 Å². The summed E-state index contributed by atoms with van der Waals surface area (Å²) in [6, 6.07) is 13.3. The fourth-order valence-electron chi connectivity index (χ4n) is 2.10. The molecule has 0 saturated heterocycles. The van der Waals surface area contributed by atoms with Crippen molar-refractivity contribution in [2.75, 3.05) is 34.4 Å². The number of sulfonamides is 1. The molecule has 0 aliphatic heterocycles. The first kappa shape index (κ1) is 19.7. The molecular formula is C18H21NO6S. The highest BCUT2D eigenvalue weighted by Crippen LogP contribution is 2.27. The summed E-state index contributed by atoms with van der Waals surface area (Å²) in [6.45, 7) is 0.226. The molecule has 140 valence electrons. The van der Waals surface area contributed by atoms with Crippen molar-refractivity contribution in [3.63, 3.8) is 0 Å². The first-order chi connectivity index (χ1) is 12.4. The standard InChI is InChI=1S/C18H21NO6S/c1-19(2)26(21,22)17-13-14(9-10-16(17)23-3)18(20)25-12-11-24-15-7-5-4-6-8-15/h4-10,13H,11-12H2,1-3H3. The van der Waals surface area contributed by atoms with E-state index in [4.69, 9.17) is 14.2 Å². The van der Waals surface area contributed by atoms with E-state index >= 15 is 0 Å². The normalized spacial score (nSPS) is 11.2. The summed E-state index contributed by atoms with van der Waals surface area (Å²) in [4.78, 5) is 12.1. The van der Waals surface area contributed by atoms with Crippen molar-refractivity contribution >= 4 is 16.0 Å². The van der Waals surface area contributed by atoms with Crippen molar-refractivity contribution in [2.24, 2.45) is 0 Å². The maximum absolute atomic E-state index is 12.4. The SMILES string of the molecule is COc1ccc(C(=O)OCCOc2ccccc2)cc1S(=O)(=O)N(C)C. The average molecular weight is 379 g/mol. The smallest absolute Gasteiger partial charge is 0.338 e. The molecule has 0 heterocycles. The van der Waals surface area contributed by atoms with E-state index in [2.05, 4.69) is 0 Å². The van der Waals surface area contributed by atoms with Gasteiger partial charge in [-0.3, -0.25) is 0 Å². The van der Waals surface area contributed by atoms with Crippen LogP contribution in [0.3, 0.4) is 0 Å². The number of benzene rings is 2. The highest BCUT2D eigenvalue weighted by molar-refractivity contribution is 7.89. The molecule has 0 unspecified atom stereocenters. The molecule has 2 rings (SSSR count). The van der Waals surface area contributed by atoms with Crippen LogP contribution in [0.1, 0.15) is 10.4 Å². The topological polar surface area (TPSA) is 82.1 Å². The molecule has 0 aliphatic carbocycles. The van der Waals surface area contributed by atoms with Gasteiger partial charge in [0.25, 0.3) is 0 Å². The van der Waals surface area contributed by atoms with Gasteiger partial charge in [-0.15, -0.1) is 0 Å². The zero-order valence-electron chi connectivity index (χ0n) is 14.8. The molecule has 2 aromatic rings. The number of nitrogens with zero attached hydrogens (tertiary/aromatic N) is 1. The Labute approximate surface area is 153 Å². The molecule has 0 aromatic heterocycles. The third kappa shape index (κ3) is 4.74.